The summed E-state index contributed by atoms with van der Waals surface area (Å²) in [5, 5.41) is 0. The van der Waals surface area contributed by atoms with Gasteiger partial charge in [0.2, 0.25) is 0 Å². The summed E-state index contributed by atoms with van der Waals surface area (Å²) < 4.78 is 5.30. The van der Waals surface area contributed by atoms with Crippen LogP contribution in [0.5, 0.6) is 0 Å². The summed E-state index contributed by atoms with van der Waals surface area (Å²) >= 11 is 0. The van der Waals surface area contributed by atoms with Gasteiger partial charge in [0.25, 0.3) is 0 Å². The van der Waals surface area contributed by atoms with Gasteiger partial charge < -0.3 is 14.3 Å². The summed E-state index contributed by atoms with van der Waals surface area (Å²) in [5.74, 6) is 1.78. The fourth-order valence-corrected chi connectivity index (χ4v) is 1.35. The van der Waals surface area contributed by atoms with Gasteiger partial charge in [0.05, 0.1) is 12.3 Å². The van der Waals surface area contributed by atoms with Crippen LogP contribution < -0.4 is 4.90 Å². The second-order valence-electron chi connectivity index (χ2n) is 3.21. The van der Waals surface area contributed by atoms with Crippen LogP contribution in [0.2, 0.25) is 0 Å². The Hall–Kier alpha value is -1.71. The van der Waals surface area contributed by atoms with E-state index in [2.05, 4.69) is 16.9 Å². The maximum absolute atomic E-state index is 5.30. The molecule has 0 fully saturated rings. The van der Waals surface area contributed by atoms with E-state index in [0.717, 1.165) is 11.7 Å². The molecule has 4 heteroatoms. The molecule has 0 aromatic carbocycles. The molecule has 0 aliphatic rings. The number of anilines is 1. The number of nitrogens with one attached hydrogen (secondary N) is 1. The molecule has 1 atom stereocenters. The van der Waals surface area contributed by atoms with E-state index in [9.17, 15) is 0 Å². The predicted molar refractivity (Wildman–Crippen MR) is 54.1 cm³/mol. The summed E-state index contributed by atoms with van der Waals surface area (Å²) in [4.78, 5) is 9.32. The van der Waals surface area contributed by atoms with Crippen LogP contribution >= 0.6 is 0 Å². The SMILES string of the molecule is CC(c1ncc[nH]1)N(C)c1ccco1. The number of aromatic amines is 1. The molecular formula is C10H13N3O. The number of hydrogen-bond donors (Lipinski definition) is 1. The van der Waals surface area contributed by atoms with Gasteiger partial charge in [0.1, 0.15) is 5.82 Å². The standard InChI is InChI=1S/C10H13N3O/c1-8(10-11-5-6-12-10)13(2)9-4-3-7-14-9/h3-8H,1-2H3,(H,11,12). The molecule has 0 aliphatic carbocycles. The normalized spacial score (nSPS) is 12.7. The van der Waals surface area contributed by atoms with Gasteiger partial charge in [0.15, 0.2) is 5.88 Å². The molecule has 0 saturated carbocycles. The van der Waals surface area contributed by atoms with E-state index in [-0.39, 0.29) is 6.04 Å². The molecule has 0 amide bonds. The second-order valence-corrected chi connectivity index (χ2v) is 3.21. The summed E-state index contributed by atoms with van der Waals surface area (Å²) in [6, 6.07) is 3.98. The highest BCUT2D eigenvalue weighted by Crippen LogP contribution is 2.22. The van der Waals surface area contributed by atoms with E-state index >= 15 is 0 Å². The molecule has 74 valence electrons. The van der Waals surface area contributed by atoms with Crippen molar-refractivity contribution in [1.29, 1.82) is 0 Å². The molecule has 0 radical (unpaired) electrons. The zero-order valence-corrected chi connectivity index (χ0v) is 8.27. The van der Waals surface area contributed by atoms with Crippen LogP contribution in [0, 0.1) is 0 Å². The van der Waals surface area contributed by atoms with Gasteiger partial charge in [-0.25, -0.2) is 4.98 Å². The number of nitrogens with zero attached hydrogens (tertiary/aromatic N) is 2. The molecule has 0 saturated heterocycles. The molecule has 2 aromatic rings. The quantitative estimate of drug-likeness (QED) is 0.808. The van der Waals surface area contributed by atoms with E-state index in [1.165, 1.54) is 0 Å². The first-order valence-corrected chi connectivity index (χ1v) is 4.54. The van der Waals surface area contributed by atoms with Crippen molar-refractivity contribution in [2.45, 2.75) is 13.0 Å². The summed E-state index contributed by atoms with van der Waals surface area (Å²) in [7, 11) is 1.98. The molecule has 1 N–H and O–H groups in total. The number of rotatable bonds is 3. The molecule has 0 spiro atoms. The van der Waals surface area contributed by atoms with Gasteiger partial charge in [-0.3, -0.25) is 0 Å². The van der Waals surface area contributed by atoms with Crippen LogP contribution in [0.4, 0.5) is 5.88 Å². The highest BCUT2D eigenvalue weighted by molar-refractivity contribution is 5.35. The topological polar surface area (TPSA) is 45.1 Å². The van der Waals surface area contributed by atoms with E-state index in [4.69, 9.17) is 4.42 Å². The van der Waals surface area contributed by atoms with E-state index in [1.807, 2.05) is 30.3 Å². The summed E-state index contributed by atoms with van der Waals surface area (Å²) in [6.45, 7) is 2.07. The molecule has 0 aliphatic heterocycles. The highest BCUT2D eigenvalue weighted by Gasteiger charge is 2.15. The van der Waals surface area contributed by atoms with Crippen LogP contribution in [0.15, 0.2) is 35.2 Å². The van der Waals surface area contributed by atoms with Crippen molar-refractivity contribution >= 4 is 5.88 Å². The van der Waals surface area contributed by atoms with Crippen molar-refractivity contribution in [3.8, 4) is 0 Å². The van der Waals surface area contributed by atoms with Crippen molar-refractivity contribution in [2.24, 2.45) is 0 Å². The minimum Gasteiger partial charge on any atom is -0.449 e. The average molecular weight is 191 g/mol. The lowest BCUT2D eigenvalue weighted by molar-refractivity contribution is 0.531. The lowest BCUT2D eigenvalue weighted by Gasteiger charge is -2.22. The van der Waals surface area contributed by atoms with Gasteiger partial charge in [-0.05, 0) is 13.0 Å². The van der Waals surface area contributed by atoms with Crippen LogP contribution in [0.1, 0.15) is 18.8 Å². The van der Waals surface area contributed by atoms with Gasteiger partial charge >= 0.3 is 0 Å². The Bertz CT molecular complexity index is 328. The molecule has 2 rings (SSSR count). The number of imidazole rings is 1. The second kappa shape index (κ2) is 3.57. The number of aromatic nitrogens is 2. The molecular weight excluding hydrogens is 178 g/mol. The third-order valence-corrected chi connectivity index (χ3v) is 2.35. The zero-order chi connectivity index (χ0) is 9.97. The Morgan fingerprint density at radius 2 is 2.43 bits per heavy atom. The monoisotopic (exact) mass is 191 g/mol. The van der Waals surface area contributed by atoms with Gasteiger partial charge in [-0.15, -0.1) is 0 Å². The first-order chi connectivity index (χ1) is 6.79. The Labute approximate surface area is 82.6 Å². The lowest BCUT2D eigenvalue weighted by atomic mass is 10.3. The third-order valence-electron chi connectivity index (χ3n) is 2.35. The maximum Gasteiger partial charge on any atom is 0.195 e. The van der Waals surface area contributed by atoms with E-state index in [1.54, 1.807) is 12.5 Å². The van der Waals surface area contributed by atoms with Crippen LogP contribution in [-0.4, -0.2) is 17.0 Å². The Morgan fingerprint density at radius 3 is 3.00 bits per heavy atom. The minimum absolute atomic E-state index is 0.177. The fourth-order valence-electron chi connectivity index (χ4n) is 1.35. The van der Waals surface area contributed by atoms with Crippen molar-refractivity contribution < 1.29 is 4.42 Å². The number of furan rings is 1. The van der Waals surface area contributed by atoms with Crippen molar-refractivity contribution in [1.82, 2.24) is 9.97 Å². The number of hydrogen-bond acceptors (Lipinski definition) is 3. The zero-order valence-electron chi connectivity index (χ0n) is 8.27. The molecule has 2 aromatic heterocycles. The largest absolute Gasteiger partial charge is 0.449 e. The van der Waals surface area contributed by atoms with Gasteiger partial charge in [-0.1, -0.05) is 0 Å². The Morgan fingerprint density at radius 1 is 1.57 bits per heavy atom. The maximum atomic E-state index is 5.30. The van der Waals surface area contributed by atoms with E-state index in [0.29, 0.717) is 0 Å². The lowest BCUT2D eigenvalue weighted by Crippen LogP contribution is -2.21. The van der Waals surface area contributed by atoms with Crippen molar-refractivity contribution in [2.75, 3.05) is 11.9 Å². The van der Waals surface area contributed by atoms with Crippen LogP contribution in [-0.2, 0) is 0 Å². The summed E-state index contributed by atoms with van der Waals surface area (Å²) in [5.41, 5.74) is 0. The molecule has 14 heavy (non-hydrogen) atoms. The predicted octanol–water partition coefficient (Wildman–Crippen LogP) is 2.20. The number of H-pyrrole nitrogens is 1. The first kappa shape index (κ1) is 8.87. The highest BCUT2D eigenvalue weighted by atomic mass is 16.3. The van der Waals surface area contributed by atoms with Crippen molar-refractivity contribution in [3.05, 3.63) is 36.6 Å². The fraction of sp³-hybridized carbons (Fsp3) is 0.300. The molecule has 2 heterocycles. The first-order valence-electron chi connectivity index (χ1n) is 4.54. The summed E-state index contributed by atoms with van der Waals surface area (Å²) in [6.07, 6.45) is 5.24. The Kier molecular flexibility index (Phi) is 2.26. The van der Waals surface area contributed by atoms with Crippen LogP contribution in [0.3, 0.4) is 0 Å². The average Bonchev–Trinajstić information content (AvgIpc) is 2.87. The van der Waals surface area contributed by atoms with Crippen LogP contribution in [0.25, 0.3) is 0 Å². The molecule has 1 unspecified atom stereocenters. The Balaban J connectivity index is 2.16. The van der Waals surface area contributed by atoms with Gasteiger partial charge in [-0.2, -0.15) is 0 Å². The molecule has 4 nitrogen and oxygen atoms in total. The smallest absolute Gasteiger partial charge is 0.195 e. The van der Waals surface area contributed by atoms with Crippen molar-refractivity contribution in [3.63, 3.8) is 0 Å². The van der Waals surface area contributed by atoms with E-state index < -0.39 is 0 Å². The molecule has 0 bridgehead atoms. The third kappa shape index (κ3) is 1.51. The van der Waals surface area contributed by atoms with Gasteiger partial charge in [0, 0.05) is 25.5 Å². The minimum atomic E-state index is 0.177.